The fourth-order valence-electron chi connectivity index (χ4n) is 2.11. The average Bonchev–Trinajstić information content (AvgIpc) is 2.54. The minimum Gasteiger partial charge on any atom is -0.0985 e. The van der Waals surface area contributed by atoms with Crippen molar-refractivity contribution in [1.82, 2.24) is 0 Å². The Balaban J connectivity index is 2.05. The second-order valence-corrected chi connectivity index (χ2v) is 5.26. The lowest BCUT2D eigenvalue weighted by atomic mass is 10.0. The Bertz CT molecular complexity index is 637. The number of benzene rings is 2. The quantitative estimate of drug-likeness (QED) is 0.462. The van der Waals surface area contributed by atoms with Gasteiger partial charge in [-0.1, -0.05) is 85.0 Å². The molecule has 0 aliphatic heterocycles. The van der Waals surface area contributed by atoms with Crippen molar-refractivity contribution >= 4 is 18.2 Å². The Morgan fingerprint density at radius 2 is 1.33 bits per heavy atom. The summed E-state index contributed by atoms with van der Waals surface area (Å²) in [6.07, 6.45) is 9.34. The second kappa shape index (κ2) is 7.44. The van der Waals surface area contributed by atoms with Gasteiger partial charge < -0.3 is 0 Å². The molecule has 2 aromatic carbocycles. The number of hydrogen-bond acceptors (Lipinski definition) is 0. The molecule has 0 saturated heterocycles. The minimum atomic E-state index is 1.03. The lowest BCUT2D eigenvalue weighted by molar-refractivity contribution is 1.13. The van der Waals surface area contributed by atoms with E-state index in [0.29, 0.717) is 0 Å². The summed E-state index contributed by atoms with van der Waals surface area (Å²) in [6, 6.07) is 17.1. The van der Waals surface area contributed by atoms with E-state index in [1.807, 2.05) is 6.08 Å². The average molecular weight is 274 g/mol. The molecule has 21 heavy (non-hydrogen) atoms. The van der Waals surface area contributed by atoms with E-state index in [1.165, 1.54) is 22.3 Å². The Kier molecular flexibility index (Phi) is 5.34. The predicted molar refractivity (Wildman–Crippen MR) is 95.0 cm³/mol. The summed E-state index contributed by atoms with van der Waals surface area (Å²) in [5.41, 5.74) is 6.34. The summed E-state index contributed by atoms with van der Waals surface area (Å²) in [7, 11) is 0. The summed E-state index contributed by atoms with van der Waals surface area (Å²) in [5.74, 6) is 0. The first kappa shape index (κ1) is 15.1. The zero-order valence-corrected chi connectivity index (χ0v) is 12.8. The van der Waals surface area contributed by atoms with E-state index >= 15 is 0 Å². The SMILES string of the molecule is C=Cc1ccc(/C=C/c2ccc(C/C(C)=C/C)cc2)cc1. The van der Waals surface area contributed by atoms with Crippen molar-refractivity contribution in [2.45, 2.75) is 20.3 Å². The van der Waals surface area contributed by atoms with E-state index in [4.69, 9.17) is 0 Å². The van der Waals surface area contributed by atoms with Crippen LogP contribution in [0.3, 0.4) is 0 Å². The first-order chi connectivity index (χ1) is 10.2. The van der Waals surface area contributed by atoms with Crippen molar-refractivity contribution in [2.75, 3.05) is 0 Å². The standard InChI is InChI=1S/C21H22/c1-4-17(3)16-21-14-12-20(13-15-21)11-10-19-8-6-18(5-2)7-9-19/h4-15H,2,16H2,1,3H3/b11-10+,17-4+. The Morgan fingerprint density at radius 1 is 0.857 bits per heavy atom. The molecule has 0 nitrogen and oxygen atoms in total. The molecule has 0 atom stereocenters. The Morgan fingerprint density at radius 3 is 1.81 bits per heavy atom. The summed E-state index contributed by atoms with van der Waals surface area (Å²) < 4.78 is 0. The molecule has 106 valence electrons. The van der Waals surface area contributed by atoms with E-state index < -0.39 is 0 Å². The fourth-order valence-corrected chi connectivity index (χ4v) is 2.11. The molecule has 0 saturated carbocycles. The molecule has 0 aromatic heterocycles. The Labute approximate surface area is 128 Å². The van der Waals surface area contributed by atoms with E-state index in [9.17, 15) is 0 Å². The van der Waals surface area contributed by atoms with Crippen LogP contribution in [0.25, 0.3) is 18.2 Å². The lowest BCUT2D eigenvalue weighted by Gasteiger charge is -2.02. The molecule has 0 bridgehead atoms. The topological polar surface area (TPSA) is 0 Å². The van der Waals surface area contributed by atoms with Gasteiger partial charge in [0.15, 0.2) is 0 Å². The fraction of sp³-hybridized carbons (Fsp3) is 0.143. The molecule has 0 heterocycles. The maximum atomic E-state index is 3.77. The van der Waals surface area contributed by atoms with Crippen LogP contribution in [0.1, 0.15) is 36.1 Å². The van der Waals surface area contributed by atoms with Crippen LogP contribution >= 0.6 is 0 Å². The van der Waals surface area contributed by atoms with Crippen LogP contribution < -0.4 is 0 Å². The van der Waals surface area contributed by atoms with E-state index in [2.05, 4.69) is 87.2 Å². The maximum absolute atomic E-state index is 3.77. The first-order valence-corrected chi connectivity index (χ1v) is 7.32. The zero-order chi connectivity index (χ0) is 15.1. The van der Waals surface area contributed by atoms with E-state index in [-0.39, 0.29) is 0 Å². The molecule has 0 N–H and O–H groups in total. The number of hydrogen-bond donors (Lipinski definition) is 0. The molecule has 0 aliphatic carbocycles. The van der Waals surface area contributed by atoms with Crippen LogP contribution in [-0.2, 0) is 6.42 Å². The van der Waals surface area contributed by atoms with Crippen molar-refractivity contribution in [3.63, 3.8) is 0 Å². The Hall–Kier alpha value is -2.34. The van der Waals surface area contributed by atoms with Crippen molar-refractivity contribution in [2.24, 2.45) is 0 Å². The molecule has 2 rings (SSSR count). The van der Waals surface area contributed by atoms with Crippen LogP contribution in [0, 0.1) is 0 Å². The predicted octanol–water partition coefficient (Wildman–Crippen LogP) is 6.01. The molecular weight excluding hydrogens is 252 g/mol. The zero-order valence-electron chi connectivity index (χ0n) is 12.8. The molecule has 0 unspecified atom stereocenters. The first-order valence-electron chi connectivity index (χ1n) is 7.32. The highest BCUT2D eigenvalue weighted by atomic mass is 14.0. The normalized spacial score (nSPS) is 11.8. The van der Waals surface area contributed by atoms with Gasteiger partial charge in [-0.15, -0.1) is 0 Å². The number of allylic oxidation sites excluding steroid dienone is 2. The van der Waals surface area contributed by atoms with Gasteiger partial charge >= 0.3 is 0 Å². The molecule has 0 spiro atoms. The van der Waals surface area contributed by atoms with Crippen LogP contribution in [0.15, 0.2) is 66.8 Å². The van der Waals surface area contributed by atoms with Gasteiger partial charge in [0.2, 0.25) is 0 Å². The lowest BCUT2D eigenvalue weighted by Crippen LogP contribution is -1.86. The summed E-state index contributed by atoms with van der Waals surface area (Å²) >= 11 is 0. The van der Waals surface area contributed by atoms with Crippen LogP contribution in [0.4, 0.5) is 0 Å². The molecule has 0 aliphatic rings. The third kappa shape index (κ3) is 4.61. The highest BCUT2D eigenvalue weighted by Gasteiger charge is 1.94. The van der Waals surface area contributed by atoms with Crippen LogP contribution in [0.2, 0.25) is 0 Å². The van der Waals surface area contributed by atoms with E-state index in [1.54, 1.807) is 0 Å². The van der Waals surface area contributed by atoms with Gasteiger partial charge in [0, 0.05) is 0 Å². The van der Waals surface area contributed by atoms with Gasteiger partial charge in [-0.3, -0.25) is 0 Å². The smallest absolute Gasteiger partial charge is 0.00700 e. The van der Waals surface area contributed by atoms with Gasteiger partial charge in [0.1, 0.15) is 0 Å². The second-order valence-electron chi connectivity index (χ2n) is 5.26. The monoisotopic (exact) mass is 274 g/mol. The summed E-state index contributed by atoms with van der Waals surface area (Å²) in [6.45, 7) is 8.02. The van der Waals surface area contributed by atoms with E-state index in [0.717, 1.165) is 12.0 Å². The third-order valence-corrected chi connectivity index (χ3v) is 3.60. The third-order valence-electron chi connectivity index (χ3n) is 3.60. The molecule has 0 heteroatoms. The minimum absolute atomic E-state index is 1.03. The van der Waals surface area contributed by atoms with Crippen molar-refractivity contribution in [3.8, 4) is 0 Å². The largest absolute Gasteiger partial charge is 0.0985 e. The molecular formula is C21H22. The van der Waals surface area contributed by atoms with Gasteiger partial charge in [-0.25, -0.2) is 0 Å². The molecule has 0 amide bonds. The van der Waals surface area contributed by atoms with Crippen molar-refractivity contribution < 1.29 is 0 Å². The highest BCUT2D eigenvalue weighted by molar-refractivity contribution is 5.70. The summed E-state index contributed by atoms with van der Waals surface area (Å²) in [4.78, 5) is 0. The van der Waals surface area contributed by atoms with Crippen LogP contribution in [-0.4, -0.2) is 0 Å². The number of rotatable bonds is 5. The molecule has 2 aromatic rings. The van der Waals surface area contributed by atoms with Crippen molar-refractivity contribution in [3.05, 3.63) is 89.0 Å². The van der Waals surface area contributed by atoms with Gasteiger partial charge in [-0.05, 0) is 42.5 Å². The van der Waals surface area contributed by atoms with Gasteiger partial charge in [0.25, 0.3) is 0 Å². The molecule has 0 radical (unpaired) electrons. The van der Waals surface area contributed by atoms with Crippen LogP contribution in [0.5, 0.6) is 0 Å². The summed E-state index contributed by atoms with van der Waals surface area (Å²) in [5, 5.41) is 0. The highest BCUT2D eigenvalue weighted by Crippen LogP contribution is 2.13. The maximum Gasteiger partial charge on any atom is -0.00700 e. The van der Waals surface area contributed by atoms with Crippen molar-refractivity contribution in [1.29, 1.82) is 0 Å². The molecule has 0 fully saturated rings. The van der Waals surface area contributed by atoms with Gasteiger partial charge in [0.05, 0.1) is 0 Å². The van der Waals surface area contributed by atoms with Gasteiger partial charge in [-0.2, -0.15) is 0 Å².